The van der Waals surface area contributed by atoms with Crippen LogP contribution in [0.4, 0.5) is 0 Å². The third-order valence-corrected chi connectivity index (χ3v) is 5.29. The molecule has 0 amide bonds. The number of ether oxygens (including phenoxy) is 1. The molecule has 0 bridgehead atoms. The van der Waals surface area contributed by atoms with E-state index in [9.17, 15) is 0 Å². The first-order valence-electron chi connectivity index (χ1n) is 9.02. The van der Waals surface area contributed by atoms with Gasteiger partial charge >= 0.3 is 0 Å². The Morgan fingerprint density at radius 2 is 1.56 bits per heavy atom. The maximum atomic E-state index is 6.04. The van der Waals surface area contributed by atoms with E-state index in [2.05, 4.69) is 39.1 Å². The fraction of sp³-hybridized carbons (Fsp3) is 0.286. The molecule has 0 aliphatic carbocycles. The number of hydrogen-bond acceptors (Lipinski definition) is 3. The van der Waals surface area contributed by atoms with Crippen LogP contribution in [-0.4, -0.2) is 28.0 Å². The summed E-state index contributed by atoms with van der Waals surface area (Å²) in [7, 11) is 0. The van der Waals surface area contributed by atoms with E-state index in [4.69, 9.17) is 27.9 Å². The minimum absolute atomic E-state index is 0.0281. The van der Waals surface area contributed by atoms with Crippen LogP contribution in [0.2, 0.25) is 10.0 Å². The quantitative estimate of drug-likeness (QED) is 0.629. The minimum Gasteiger partial charge on any atom is -0.370 e. The number of hydrogen-bond donors (Lipinski definition) is 1. The first kappa shape index (κ1) is 18.5. The molecule has 4 nitrogen and oxygen atoms in total. The van der Waals surface area contributed by atoms with Crippen LogP contribution in [0.3, 0.4) is 0 Å². The number of aromatic nitrogens is 2. The standard InChI is InChI=1S/C21H21Cl2N3O/c22-17-5-1-15(2-6-17)11-26(12-16-3-7-18(23)8-4-16)13-20-21-19(9-10-27-20)24-14-25-21/h1-8,14,20H,9-13H2,(H,24,25). The Hall–Kier alpha value is -1.85. The second kappa shape index (κ2) is 8.44. The molecule has 0 fully saturated rings. The van der Waals surface area contributed by atoms with Crippen molar-refractivity contribution < 1.29 is 4.74 Å². The fourth-order valence-electron chi connectivity index (χ4n) is 3.45. The predicted molar refractivity (Wildman–Crippen MR) is 108 cm³/mol. The molecule has 2 aromatic carbocycles. The average molecular weight is 402 g/mol. The summed E-state index contributed by atoms with van der Waals surface area (Å²) < 4.78 is 6.04. The van der Waals surface area contributed by atoms with Gasteiger partial charge in [-0.15, -0.1) is 0 Å². The Kier molecular flexibility index (Phi) is 5.79. The topological polar surface area (TPSA) is 41.1 Å². The van der Waals surface area contributed by atoms with Gasteiger partial charge in [-0.1, -0.05) is 47.5 Å². The number of halogens is 2. The van der Waals surface area contributed by atoms with Crippen LogP contribution in [0.1, 0.15) is 28.6 Å². The van der Waals surface area contributed by atoms with E-state index in [-0.39, 0.29) is 6.10 Å². The molecule has 0 saturated heterocycles. The maximum Gasteiger partial charge on any atom is 0.114 e. The van der Waals surface area contributed by atoms with Gasteiger partial charge in [0.05, 0.1) is 18.6 Å². The maximum absolute atomic E-state index is 6.04. The Balaban J connectivity index is 1.54. The van der Waals surface area contributed by atoms with Crippen LogP contribution in [0, 0.1) is 0 Å². The lowest BCUT2D eigenvalue weighted by atomic mass is 10.1. The summed E-state index contributed by atoms with van der Waals surface area (Å²) in [5, 5.41) is 1.50. The highest BCUT2D eigenvalue weighted by atomic mass is 35.5. The summed E-state index contributed by atoms with van der Waals surface area (Å²) in [4.78, 5) is 10.1. The molecule has 0 radical (unpaired) electrons. The summed E-state index contributed by atoms with van der Waals surface area (Å²) >= 11 is 12.1. The fourth-order valence-corrected chi connectivity index (χ4v) is 3.70. The Bertz CT molecular complexity index is 830. The molecule has 3 aromatic rings. The van der Waals surface area contributed by atoms with Gasteiger partial charge in [0.1, 0.15) is 6.10 Å². The van der Waals surface area contributed by atoms with Crippen molar-refractivity contribution in [3.63, 3.8) is 0 Å². The summed E-state index contributed by atoms with van der Waals surface area (Å²) in [5.74, 6) is 0. The molecule has 1 aliphatic heterocycles. The molecule has 1 aromatic heterocycles. The smallest absolute Gasteiger partial charge is 0.114 e. The number of nitrogens with one attached hydrogen (secondary N) is 1. The molecule has 0 spiro atoms. The van der Waals surface area contributed by atoms with Crippen molar-refractivity contribution in [2.45, 2.75) is 25.6 Å². The zero-order valence-corrected chi connectivity index (χ0v) is 16.4. The SMILES string of the molecule is Clc1ccc(CN(Cc2ccc(Cl)cc2)CC2OCCc3[nH]cnc32)cc1. The molecule has 140 valence electrons. The van der Waals surface area contributed by atoms with Gasteiger partial charge < -0.3 is 9.72 Å². The van der Waals surface area contributed by atoms with Crippen LogP contribution in [0.5, 0.6) is 0 Å². The van der Waals surface area contributed by atoms with E-state index < -0.39 is 0 Å². The molecule has 4 rings (SSSR count). The van der Waals surface area contributed by atoms with E-state index in [1.54, 1.807) is 6.33 Å². The molecular weight excluding hydrogens is 381 g/mol. The van der Waals surface area contributed by atoms with Crippen molar-refractivity contribution in [2.75, 3.05) is 13.2 Å². The zero-order chi connectivity index (χ0) is 18.6. The second-order valence-corrected chi connectivity index (χ2v) is 7.67. The summed E-state index contributed by atoms with van der Waals surface area (Å²) in [6.07, 6.45) is 2.62. The van der Waals surface area contributed by atoms with Crippen LogP contribution >= 0.6 is 23.2 Å². The van der Waals surface area contributed by atoms with Crippen LogP contribution in [0.25, 0.3) is 0 Å². The van der Waals surface area contributed by atoms with Gasteiger partial charge in [0.2, 0.25) is 0 Å². The van der Waals surface area contributed by atoms with Crippen molar-refractivity contribution in [2.24, 2.45) is 0 Å². The van der Waals surface area contributed by atoms with Gasteiger partial charge in [0, 0.05) is 41.8 Å². The highest BCUT2D eigenvalue weighted by Crippen LogP contribution is 2.26. The van der Waals surface area contributed by atoms with E-state index >= 15 is 0 Å². The number of rotatable bonds is 6. The van der Waals surface area contributed by atoms with Gasteiger partial charge in [-0.2, -0.15) is 0 Å². The monoisotopic (exact) mass is 401 g/mol. The van der Waals surface area contributed by atoms with Crippen molar-refractivity contribution in [3.05, 3.63) is 87.4 Å². The van der Waals surface area contributed by atoms with Gasteiger partial charge in [0.15, 0.2) is 0 Å². The predicted octanol–water partition coefficient (Wildman–Crippen LogP) is 5.03. The van der Waals surface area contributed by atoms with Crippen LogP contribution < -0.4 is 0 Å². The lowest BCUT2D eigenvalue weighted by Gasteiger charge is -2.29. The third kappa shape index (κ3) is 4.71. The highest BCUT2D eigenvalue weighted by molar-refractivity contribution is 6.30. The first-order chi connectivity index (χ1) is 13.2. The lowest BCUT2D eigenvalue weighted by molar-refractivity contribution is 0.00927. The van der Waals surface area contributed by atoms with Crippen molar-refractivity contribution >= 4 is 23.2 Å². The molecule has 0 saturated carbocycles. The normalized spacial score (nSPS) is 16.5. The Morgan fingerprint density at radius 1 is 0.963 bits per heavy atom. The first-order valence-corrected chi connectivity index (χ1v) is 9.78. The number of imidazole rings is 1. The number of H-pyrrole nitrogens is 1. The molecule has 6 heteroatoms. The van der Waals surface area contributed by atoms with Crippen molar-refractivity contribution in [1.82, 2.24) is 14.9 Å². The van der Waals surface area contributed by atoms with E-state index in [0.29, 0.717) is 0 Å². The van der Waals surface area contributed by atoms with Gasteiger partial charge in [0.25, 0.3) is 0 Å². The van der Waals surface area contributed by atoms with Crippen LogP contribution in [0.15, 0.2) is 54.9 Å². The Labute approximate surface area is 169 Å². The zero-order valence-electron chi connectivity index (χ0n) is 14.9. The average Bonchev–Trinajstić information content (AvgIpc) is 3.15. The number of fused-ring (bicyclic) bond motifs is 1. The summed E-state index contributed by atoms with van der Waals surface area (Å²) in [6.45, 7) is 3.09. The Morgan fingerprint density at radius 3 is 2.15 bits per heavy atom. The van der Waals surface area contributed by atoms with E-state index in [1.807, 2.05) is 24.3 Å². The van der Waals surface area contributed by atoms with Gasteiger partial charge in [-0.05, 0) is 35.4 Å². The number of nitrogens with zero attached hydrogens (tertiary/aromatic N) is 2. The van der Waals surface area contributed by atoms with Crippen LogP contribution in [-0.2, 0) is 24.2 Å². The highest BCUT2D eigenvalue weighted by Gasteiger charge is 2.25. The molecule has 1 aliphatic rings. The summed E-state index contributed by atoms with van der Waals surface area (Å²) in [6, 6.07) is 16.0. The van der Waals surface area contributed by atoms with E-state index in [0.717, 1.165) is 48.4 Å². The summed E-state index contributed by atoms with van der Waals surface area (Å²) in [5.41, 5.74) is 4.64. The lowest BCUT2D eigenvalue weighted by Crippen LogP contribution is -2.31. The van der Waals surface area contributed by atoms with Crippen molar-refractivity contribution in [1.29, 1.82) is 0 Å². The number of aromatic amines is 1. The molecule has 27 heavy (non-hydrogen) atoms. The molecule has 1 N–H and O–H groups in total. The van der Waals surface area contributed by atoms with Gasteiger partial charge in [-0.3, -0.25) is 4.90 Å². The van der Waals surface area contributed by atoms with E-state index in [1.165, 1.54) is 16.8 Å². The molecule has 2 heterocycles. The van der Waals surface area contributed by atoms with Crippen molar-refractivity contribution in [3.8, 4) is 0 Å². The molecule has 1 unspecified atom stereocenters. The minimum atomic E-state index is -0.0281. The second-order valence-electron chi connectivity index (χ2n) is 6.80. The molecule has 1 atom stereocenters. The molecular formula is C21H21Cl2N3O. The van der Waals surface area contributed by atoms with Gasteiger partial charge in [-0.25, -0.2) is 4.98 Å². The third-order valence-electron chi connectivity index (χ3n) is 4.79. The number of benzene rings is 2. The largest absolute Gasteiger partial charge is 0.370 e.